The number of hydrogen-bond donors (Lipinski definition) is 1. The molecular weight excluding hydrogens is 432 g/mol. The minimum Gasteiger partial charge on any atom is -0.484 e. The molecule has 32 heavy (non-hydrogen) atoms. The van der Waals surface area contributed by atoms with Gasteiger partial charge in [-0.3, -0.25) is 4.79 Å². The molecule has 1 N–H and O–H groups in total. The topological polar surface area (TPSA) is 94.2 Å². The fraction of sp³-hybridized carbons (Fsp3) is 0.174. The van der Waals surface area contributed by atoms with Crippen LogP contribution in [-0.2, 0) is 21.4 Å². The molecule has 0 saturated carbocycles. The number of sulfonamides is 1. The molecule has 1 aliphatic heterocycles. The molecule has 8 nitrogen and oxygen atoms in total. The van der Waals surface area contributed by atoms with Crippen LogP contribution in [0.3, 0.4) is 0 Å². The van der Waals surface area contributed by atoms with Crippen LogP contribution in [0.2, 0.25) is 0 Å². The average Bonchev–Trinajstić information content (AvgIpc) is 3.26. The van der Waals surface area contributed by atoms with Crippen LogP contribution in [0.25, 0.3) is 0 Å². The Hall–Kier alpha value is -3.56. The Bertz CT molecular complexity index is 1200. The van der Waals surface area contributed by atoms with Crippen molar-refractivity contribution in [3.05, 3.63) is 78.4 Å². The van der Waals surface area contributed by atoms with Gasteiger partial charge in [0, 0.05) is 25.3 Å². The summed E-state index contributed by atoms with van der Waals surface area (Å²) in [5.41, 5.74) is 1.46. The Balaban J connectivity index is 1.32. The molecule has 1 aliphatic rings. The first-order valence-corrected chi connectivity index (χ1v) is 11.3. The summed E-state index contributed by atoms with van der Waals surface area (Å²) in [5, 5.41) is 2.71. The van der Waals surface area contributed by atoms with Crippen molar-refractivity contribution in [3.8, 4) is 17.2 Å². The van der Waals surface area contributed by atoms with E-state index in [0.29, 0.717) is 22.9 Å². The molecule has 3 aromatic carbocycles. The van der Waals surface area contributed by atoms with Crippen molar-refractivity contribution < 1.29 is 27.4 Å². The van der Waals surface area contributed by atoms with Crippen LogP contribution in [0.4, 0.5) is 5.69 Å². The number of carbonyl (C=O) groups excluding carboxylic acids is 1. The molecule has 0 fully saturated rings. The van der Waals surface area contributed by atoms with Gasteiger partial charge in [-0.15, -0.1) is 0 Å². The van der Waals surface area contributed by atoms with Gasteiger partial charge in [0.1, 0.15) is 5.75 Å². The first-order chi connectivity index (χ1) is 15.4. The van der Waals surface area contributed by atoms with Crippen molar-refractivity contribution in [2.45, 2.75) is 11.4 Å². The SMILES string of the molecule is CN(Cc1ccccc1)S(=O)(=O)c1ccc(OCC(=O)Nc2ccc3c(c2)OCO3)cc1. The summed E-state index contributed by atoms with van der Waals surface area (Å²) in [7, 11) is -2.12. The highest BCUT2D eigenvalue weighted by Gasteiger charge is 2.21. The van der Waals surface area contributed by atoms with Crippen LogP contribution in [0, 0.1) is 0 Å². The molecule has 166 valence electrons. The molecule has 0 spiro atoms. The van der Waals surface area contributed by atoms with Crippen molar-refractivity contribution in [2.75, 3.05) is 25.8 Å². The number of rotatable bonds is 8. The molecule has 0 bridgehead atoms. The van der Waals surface area contributed by atoms with Crippen LogP contribution in [0.1, 0.15) is 5.56 Å². The highest BCUT2D eigenvalue weighted by Crippen LogP contribution is 2.34. The maximum atomic E-state index is 12.8. The van der Waals surface area contributed by atoms with E-state index in [9.17, 15) is 13.2 Å². The van der Waals surface area contributed by atoms with Crippen LogP contribution in [0.5, 0.6) is 17.2 Å². The summed E-state index contributed by atoms with van der Waals surface area (Å²) >= 11 is 0. The lowest BCUT2D eigenvalue weighted by molar-refractivity contribution is -0.118. The highest BCUT2D eigenvalue weighted by atomic mass is 32.2. The van der Waals surface area contributed by atoms with Crippen molar-refractivity contribution >= 4 is 21.6 Å². The fourth-order valence-electron chi connectivity index (χ4n) is 3.13. The minimum absolute atomic E-state index is 0.146. The standard InChI is InChI=1S/C23H22N2O6S/c1-25(14-17-5-3-2-4-6-17)32(27,28)20-10-8-19(9-11-20)29-15-23(26)24-18-7-12-21-22(13-18)31-16-30-21/h2-13H,14-16H2,1H3,(H,24,26). The smallest absolute Gasteiger partial charge is 0.262 e. The first kappa shape index (κ1) is 21.7. The van der Waals surface area contributed by atoms with Crippen LogP contribution >= 0.6 is 0 Å². The molecule has 4 rings (SSSR count). The van der Waals surface area contributed by atoms with E-state index in [4.69, 9.17) is 14.2 Å². The quantitative estimate of drug-likeness (QED) is 0.562. The number of amides is 1. The second kappa shape index (κ2) is 9.29. The third-order valence-corrected chi connectivity index (χ3v) is 6.62. The summed E-state index contributed by atoms with van der Waals surface area (Å²) in [6.07, 6.45) is 0. The predicted octanol–water partition coefficient (Wildman–Crippen LogP) is 3.25. The third kappa shape index (κ3) is 5.01. The maximum Gasteiger partial charge on any atom is 0.262 e. The van der Waals surface area contributed by atoms with Gasteiger partial charge < -0.3 is 19.5 Å². The molecule has 1 amide bonds. The Kier molecular flexibility index (Phi) is 6.29. The molecule has 0 aromatic heterocycles. The monoisotopic (exact) mass is 454 g/mol. The largest absolute Gasteiger partial charge is 0.484 e. The third-order valence-electron chi connectivity index (χ3n) is 4.81. The van der Waals surface area contributed by atoms with Gasteiger partial charge in [0.25, 0.3) is 5.91 Å². The molecule has 1 heterocycles. The molecule has 0 atom stereocenters. The average molecular weight is 455 g/mol. The van der Waals surface area contributed by atoms with E-state index in [1.165, 1.54) is 35.6 Å². The number of nitrogens with one attached hydrogen (secondary N) is 1. The van der Waals surface area contributed by atoms with Crippen LogP contribution in [0.15, 0.2) is 77.7 Å². The maximum absolute atomic E-state index is 12.8. The second-order valence-corrected chi connectivity index (χ2v) is 9.17. The highest BCUT2D eigenvalue weighted by molar-refractivity contribution is 7.89. The van der Waals surface area contributed by atoms with Crippen molar-refractivity contribution in [1.29, 1.82) is 0 Å². The Morgan fingerprint density at radius 2 is 1.72 bits per heavy atom. The van der Waals surface area contributed by atoms with E-state index in [1.54, 1.807) is 18.2 Å². The first-order valence-electron chi connectivity index (χ1n) is 9.84. The number of fused-ring (bicyclic) bond motifs is 1. The molecule has 9 heteroatoms. The van der Waals surface area contributed by atoms with Crippen LogP contribution in [-0.4, -0.2) is 39.1 Å². The number of benzene rings is 3. The van der Waals surface area contributed by atoms with Gasteiger partial charge in [-0.2, -0.15) is 4.31 Å². The van der Waals surface area contributed by atoms with E-state index in [-0.39, 0.29) is 30.7 Å². The summed E-state index contributed by atoms with van der Waals surface area (Å²) in [5.74, 6) is 1.22. The number of ether oxygens (including phenoxy) is 3. The lowest BCUT2D eigenvalue weighted by Crippen LogP contribution is -2.26. The van der Waals surface area contributed by atoms with Crippen molar-refractivity contribution in [2.24, 2.45) is 0 Å². The normalized spacial score (nSPS) is 12.6. The summed E-state index contributed by atoms with van der Waals surface area (Å²) in [6, 6.07) is 20.4. The zero-order chi connectivity index (χ0) is 22.6. The molecule has 0 radical (unpaired) electrons. The molecule has 0 aliphatic carbocycles. The number of carbonyl (C=O) groups is 1. The lowest BCUT2D eigenvalue weighted by Gasteiger charge is -2.17. The molecular formula is C23H22N2O6S. The van der Waals surface area contributed by atoms with E-state index in [2.05, 4.69) is 5.32 Å². The van der Waals surface area contributed by atoms with Gasteiger partial charge in [-0.05, 0) is 42.0 Å². The van der Waals surface area contributed by atoms with E-state index in [0.717, 1.165) is 5.56 Å². The summed E-state index contributed by atoms with van der Waals surface area (Å²) in [6.45, 7) is 0.194. The second-order valence-electron chi connectivity index (χ2n) is 7.12. The summed E-state index contributed by atoms with van der Waals surface area (Å²) in [4.78, 5) is 12.3. The fourth-order valence-corrected chi connectivity index (χ4v) is 4.29. The molecule has 0 unspecified atom stereocenters. The zero-order valence-electron chi connectivity index (χ0n) is 17.4. The van der Waals surface area contributed by atoms with Crippen LogP contribution < -0.4 is 19.5 Å². The van der Waals surface area contributed by atoms with Gasteiger partial charge in [0.05, 0.1) is 4.90 Å². The van der Waals surface area contributed by atoms with Gasteiger partial charge in [0.2, 0.25) is 16.8 Å². The van der Waals surface area contributed by atoms with Crippen molar-refractivity contribution in [1.82, 2.24) is 4.31 Å². The van der Waals surface area contributed by atoms with Gasteiger partial charge in [0.15, 0.2) is 18.1 Å². The Morgan fingerprint density at radius 1 is 1.00 bits per heavy atom. The van der Waals surface area contributed by atoms with E-state index >= 15 is 0 Å². The Labute approximate surface area is 186 Å². The summed E-state index contributed by atoms with van der Waals surface area (Å²) < 4.78 is 42.9. The van der Waals surface area contributed by atoms with Gasteiger partial charge >= 0.3 is 0 Å². The van der Waals surface area contributed by atoms with E-state index < -0.39 is 10.0 Å². The Morgan fingerprint density at radius 3 is 2.47 bits per heavy atom. The number of anilines is 1. The molecule has 3 aromatic rings. The lowest BCUT2D eigenvalue weighted by atomic mass is 10.2. The zero-order valence-corrected chi connectivity index (χ0v) is 18.2. The van der Waals surface area contributed by atoms with Gasteiger partial charge in [-0.25, -0.2) is 8.42 Å². The van der Waals surface area contributed by atoms with E-state index in [1.807, 2.05) is 30.3 Å². The minimum atomic E-state index is -3.65. The number of nitrogens with zero attached hydrogens (tertiary/aromatic N) is 1. The number of hydrogen-bond acceptors (Lipinski definition) is 6. The molecule has 0 saturated heterocycles. The predicted molar refractivity (Wildman–Crippen MR) is 118 cm³/mol. The van der Waals surface area contributed by atoms with Crippen molar-refractivity contribution in [3.63, 3.8) is 0 Å². The van der Waals surface area contributed by atoms with Gasteiger partial charge in [-0.1, -0.05) is 30.3 Å².